The third kappa shape index (κ3) is 5.30. The number of hydrogen-bond donors (Lipinski definition) is 2. The molecule has 0 radical (unpaired) electrons. The molecule has 0 aliphatic carbocycles. The molecule has 25 heavy (non-hydrogen) atoms. The fraction of sp³-hybridized carbons (Fsp3) is 0.0556. The Morgan fingerprint density at radius 1 is 1.16 bits per heavy atom. The molecule has 0 fully saturated rings. The lowest BCUT2D eigenvalue weighted by Crippen LogP contribution is -1.96. The van der Waals surface area contributed by atoms with Crippen LogP contribution in [0.25, 0.3) is 0 Å². The zero-order valence-electron chi connectivity index (χ0n) is 13.1. The minimum absolute atomic E-state index is 0.163. The molecule has 2 aromatic carbocycles. The first-order chi connectivity index (χ1) is 12.2. The van der Waals surface area contributed by atoms with Gasteiger partial charge in [-0.15, -0.1) is 0 Å². The first-order valence-corrected chi connectivity index (χ1v) is 9.26. The van der Waals surface area contributed by atoms with Gasteiger partial charge in [-0.2, -0.15) is 5.10 Å². The Kier molecular flexibility index (Phi) is 6.03. The van der Waals surface area contributed by atoms with Crippen molar-refractivity contribution in [1.82, 2.24) is 9.97 Å². The van der Waals surface area contributed by atoms with Gasteiger partial charge in [0.25, 0.3) is 0 Å². The van der Waals surface area contributed by atoms with Crippen LogP contribution >= 0.6 is 27.7 Å². The molecule has 0 atom stereocenters. The van der Waals surface area contributed by atoms with Crippen molar-refractivity contribution in [3.8, 4) is 5.75 Å². The number of hydrazone groups is 1. The quantitative estimate of drug-likeness (QED) is 0.265. The number of nitrogens with zero attached hydrogens (tertiary/aromatic N) is 3. The molecule has 126 valence electrons. The monoisotopic (exact) mass is 414 g/mol. The van der Waals surface area contributed by atoms with Crippen LogP contribution in [0.15, 0.2) is 75.5 Å². The van der Waals surface area contributed by atoms with Gasteiger partial charge in [0.05, 0.1) is 6.21 Å². The number of nitrogens with one attached hydrogen (secondary N) is 1. The van der Waals surface area contributed by atoms with Crippen molar-refractivity contribution in [2.24, 2.45) is 5.10 Å². The number of hydrogen-bond acceptors (Lipinski definition) is 6. The summed E-state index contributed by atoms with van der Waals surface area (Å²) in [7, 11) is 0. The van der Waals surface area contributed by atoms with Gasteiger partial charge in [-0.1, -0.05) is 58.0 Å². The number of aromatic hydroxyl groups is 1. The van der Waals surface area contributed by atoms with Crippen molar-refractivity contribution in [1.29, 1.82) is 0 Å². The number of thioether (sulfide) groups is 1. The summed E-state index contributed by atoms with van der Waals surface area (Å²) in [6.07, 6.45) is 3.23. The van der Waals surface area contributed by atoms with Gasteiger partial charge >= 0.3 is 0 Å². The average molecular weight is 415 g/mol. The summed E-state index contributed by atoms with van der Waals surface area (Å²) in [6, 6.07) is 17.1. The molecule has 0 spiro atoms. The van der Waals surface area contributed by atoms with Gasteiger partial charge in [-0.25, -0.2) is 9.97 Å². The van der Waals surface area contributed by atoms with Crippen LogP contribution in [0.2, 0.25) is 0 Å². The Morgan fingerprint density at radius 3 is 2.84 bits per heavy atom. The van der Waals surface area contributed by atoms with E-state index >= 15 is 0 Å². The second kappa shape index (κ2) is 8.64. The molecule has 1 heterocycles. The van der Waals surface area contributed by atoms with Crippen LogP contribution in [0.3, 0.4) is 0 Å². The second-order valence-corrected chi connectivity index (χ2v) is 6.93. The number of phenolic OH excluding ortho intramolecular Hbond substituents is 1. The number of aromatic nitrogens is 2. The maximum Gasteiger partial charge on any atom is 0.189 e. The SMILES string of the molecule is Oc1ccc(Br)cc1C=NNc1ccnc(SCc2ccccc2)n1. The van der Waals surface area contributed by atoms with Crippen LogP contribution < -0.4 is 5.43 Å². The van der Waals surface area contributed by atoms with E-state index in [0.717, 1.165) is 10.2 Å². The van der Waals surface area contributed by atoms with E-state index in [2.05, 4.69) is 48.6 Å². The Bertz CT molecular complexity index is 874. The molecule has 0 aliphatic heterocycles. The molecule has 0 saturated carbocycles. The predicted octanol–water partition coefficient (Wildman–Crippen LogP) is 4.68. The first kappa shape index (κ1) is 17.4. The Hall–Kier alpha value is -2.38. The third-order valence-corrected chi connectivity index (χ3v) is 4.64. The van der Waals surface area contributed by atoms with Gasteiger partial charge in [-0.3, -0.25) is 5.43 Å². The molecule has 5 nitrogen and oxygen atoms in total. The fourth-order valence-corrected chi connectivity index (χ4v) is 3.16. The van der Waals surface area contributed by atoms with Crippen LogP contribution in [-0.2, 0) is 5.75 Å². The van der Waals surface area contributed by atoms with E-state index in [-0.39, 0.29) is 5.75 Å². The van der Waals surface area contributed by atoms with E-state index in [1.807, 2.05) is 18.2 Å². The zero-order chi connectivity index (χ0) is 17.5. The highest BCUT2D eigenvalue weighted by Gasteiger charge is 2.02. The van der Waals surface area contributed by atoms with Gasteiger partial charge in [0, 0.05) is 28.1 Å². The number of anilines is 1. The van der Waals surface area contributed by atoms with E-state index in [1.165, 1.54) is 5.56 Å². The molecule has 0 aliphatic rings. The predicted molar refractivity (Wildman–Crippen MR) is 105 cm³/mol. The molecular formula is C18H15BrN4OS. The highest BCUT2D eigenvalue weighted by atomic mass is 79.9. The molecule has 1 aromatic heterocycles. The minimum atomic E-state index is 0.163. The molecule has 3 rings (SSSR count). The average Bonchev–Trinajstić information content (AvgIpc) is 2.64. The van der Waals surface area contributed by atoms with E-state index in [9.17, 15) is 5.11 Å². The lowest BCUT2D eigenvalue weighted by Gasteiger charge is -2.03. The van der Waals surface area contributed by atoms with Crippen LogP contribution in [0.1, 0.15) is 11.1 Å². The summed E-state index contributed by atoms with van der Waals surface area (Å²) in [5, 5.41) is 14.6. The zero-order valence-corrected chi connectivity index (χ0v) is 15.5. The first-order valence-electron chi connectivity index (χ1n) is 7.48. The number of phenols is 1. The maximum atomic E-state index is 9.79. The van der Waals surface area contributed by atoms with Crippen LogP contribution in [-0.4, -0.2) is 21.3 Å². The van der Waals surface area contributed by atoms with Crippen LogP contribution in [0.4, 0.5) is 5.82 Å². The third-order valence-electron chi connectivity index (χ3n) is 3.22. The fourth-order valence-electron chi connectivity index (χ4n) is 1.99. The highest BCUT2D eigenvalue weighted by Crippen LogP contribution is 2.21. The summed E-state index contributed by atoms with van der Waals surface area (Å²) in [5.41, 5.74) is 4.68. The van der Waals surface area contributed by atoms with Crippen molar-refractivity contribution in [2.75, 3.05) is 5.43 Å². The number of benzene rings is 2. The van der Waals surface area contributed by atoms with Crippen molar-refractivity contribution in [2.45, 2.75) is 10.9 Å². The topological polar surface area (TPSA) is 70.4 Å². The largest absolute Gasteiger partial charge is 0.507 e. The van der Waals surface area contributed by atoms with Gasteiger partial charge < -0.3 is 5.11 Å². The molecule has 0 bridgehead atoms. The molecule has 2 N–H and O–H groups in total. The van der Waals surface area contributed by atoms with E-state index in [1.54, 1.807) is 48.4 Å². The molecule has 0 saturated heterocycles. The van der Waals surface area contributed by atoms with Crippen LogP contribution in [0.5, 0.6) is 5.75 Å². The normalized spacial score (nSPS) is 10.9. The van der Waals surface area contributed by atoms with Crippen molar-refractivity contribution in [3.05, 3.63) is 76.4 Å². The van der Waals surface area contributed by atoms with E-state index in [4.69, 9.17) is 0 Å². The summed E-state index contributed by atoms with van der Waals surface area (Å²) in [5.74, 6) is 1.56. The maximum absolute atomic E-state index is 9.79. The lowest BCUT2D eigenvalue weighted by molar-refractivity contribution is 0.474. The lowest BCUT2D eigenvalue weighted by atomic mass is 10.2. The molecule has 7 heteroatoms. The summed E-state index contributed by atoms with van der Waals surface area (Å²) in [4.78, 5) is 8.67. The Labute approximate surface area is 158 Å². The Morgan fingerprint density at radius 2 is 2.00 bits per heavy atom. The number of halogens is 1. The van der Waals surface area contributed by atoms with Crippen LogP contribution in [0, 0.1) is 0 Å². The molecule has 0 unspecified atom stereocenters. The molecule has 3 aromatic rings. The van der Waals surface area contributed by atoms with E-state index < -0.39 is 0 Å². The standard InChI is InChI=1S/C18H15BrN4OS/c19-15-6-7-16(24)14(10-15)11-21-23-17-8-9-20-18(22-17)25-12-13-4-2-1-3-5-13/h1-11,24H,12H2,(H,20,22,23). The van der Waals surface area contributed by atoms with Crippen molar-refractivity contribution >= 4 is 39.7 Å². The summed E-state index contributed by atoms with van der Waals surface area (Å²) >= 11 is 4.92. The van der Waals surface area contributed by atoms with Crippen molar-refractivity contribution in [3.63, 3.8) is 0 Å². The molecule has 0 amide bonds. The second-order valence-electron chi connectivity index (χ2n) is 5.07. The molecular weight excluding hydrogens is 400 g/mol. The minimum Gasteiger partial charge on any atom is -0.507 e. The van der Waals surface area contributed by atoms with E-state index in [0.29, 0.717) is 16.5 Å². The number of rotatable bonds is 6. The Balaban J connectivity index is 1.61. The highest BCUT2D eigenvalue weighted by molar-refractivity contribution is 9.10. The van der Waals surface area contributed by atoms with Crippen molar-refractivity contribution < 1.29 is 5.11 Å². The smallest absolute Gasteiger partial charge is 0.189 e. The van der Waals surface area contributed by atoms with Gasteiger partial charge in [0.1, 0.15) is 5.75 Å². The van der Waals surface area contributed by atoms with Gasteiger partial charge in [-0.05, 0) is 23.8 Å². The summed E-state index contributed by atoms with van der Waals surface area (Å²) in [6.45, 7) is 0. The summed E-state index contributed by atoms with van der Waals surface area (Å²) < 4.78 is 0.869. The van der Waals surface area contributed by atoms with Gasteiger partial charge in [0.15, 0.2) is 11.0 Å². The van der Waals surface area contributed by atoms with Gasteiger partial charge in [0.2, 0.25) is 0 Å².